The van der Waals surface area contributed by atoms with Crippen molar-refractivity contribution in [3.63, 3.8) is 0 Å². The quantitative estimate of drug-likeness (QED) is 0.581. The zero-order chi connectivity index (χ0) is 10.6. The highest BCUT2D eigenvalue weighted by Crippen LogP contribution is 2.42. The van der Waals surface area contributed by atoms with E-state index in [2.05, 4.69) is 48.5 Å². The largest absolute Gasteiger partial charge is 0.0654 e. The molecular formula is C12H28Si. The smallest absolute Gasteiger partial charge is 0.0479 e. The predicted molar refractivity (Wildman–Crippen MR) is 66.3 cm³/mol. The maximum absolute atomic E-state index is 2.47. The molecule has 0 aromatic rings. The lowest BCUT2D eigenvalue weighted by atomic mass is 10.2. The highest BCUT2D eigenvalue weighted by molar-refractivity contribution is 6.65. The Balaban J connectivity index is 4.55. The molecule has 0 N–H and O–H groups in total. The summed E-state index contributed by atoms with van der Waals surface area (Å²) in [7, 11) is -0.610. The van der Waals surface area contributed by atoms with Gasteiger partial charge < -0.3 is 0 Å². The van der Waals surface area contributed by atoms with Crippen molar-refractivity contribution < 1.29 is 0 Å². The standard InChI is InChI=1S/C12H28Si/c1-8-10(3)13(11(4)9-2)12(5,6)7/h10-11,13H,8-9H2,1-7H3. The van der Waals surface area contributed by atoms with E-state index in [-0.39, 0.29) is 0 Å². The molecule has 0 amide bonds. The van der Waals surface area contributed by atoms with Crippen LogP contribution in [0.2, 0.25) is 16.1 Å². The van der Waals surface area contributed by atoms with Crippen LogP contribution in [-0.2, 0) is 0 Å². The Hall–Kier alpha value is 0.217. The van der Waals surface area contributed by atoms with E-state index >= 15 is 0 Å². The lowest BCUT2D eigenvalue weighted by Crippen LogP contribution is -2.33. The molecule has 13 heavy (non-hydrogen) atoms. The first-order valence-corrected chi connectivity index (χ1v) is 7.75. The second kappa shape index (κ2) is 5.19. The molecule has 80 valence electrons. The second-order valence-electron chi connectivity index (χ2n) is 5.66. The van der Waals surface area contributed by atoms with E-state index in [0.29, 0.717) is 5.04 Å². The highest BCUT2D eigenvalue weighted by atomic mass is 28.3. The fourth-order valence-corrected chi connectivity index (χ4v) is 8.33. The Morgan fingerprint density at radius 3 is 1.38 bits per heavy atom. The zero-order valence-corrected chi connectivity index (χ0v) is 11.8. The van der Waals surface area contributed by atoms with E-state index in [1.807, 2.05) is 0 Å². The van der Waals surface area contributed by atoms with Gasteiger partial charge in [0.1, 0.15) is 0 Å². The Labute approximate surface area is 86.7 Å². The van der Waals surface area contributed by atoms with Gasteiger partial charge in [-0.05, 0) is 5.04 Å². The molecule has 0 spiro atoms. The van der Waals surface area contributed by atoms with E-state index in [4.69, 9.17) is 0 Å². The summed E-state index contributed by atoms with van der Waals surface area (Å²) in [6.45, 7) is 17.0. The summed E-state index contributed by atoms with van der Waals surface area (Å²) in [4.78, 5) is 0. The van der Waals surface area contributed by atoms with Gasteiger partial charge in [-0.25, -0.2) is 0 Å². The van der Waals surface area contributed by atoms with Crippen molar-refractivity contribution in [3.05, 3.63) is 0 Å². The fourth-order valence-electron chi connectivity index (χ4n) is 2.78. The van der Waals surface area contributed by atoms with Crippen LogP contribution in [-0.4, -0.2) is 8.80 Å². The average Bonchev–Trinajstić information content (AvgIpc) is 2.01. The third kappa shape index (κ3) is 3.84. The predicted octanol–water partition coefficient (Wildman–Crippen LogP) is 4.61. The lowest BCUT2D eigenvalue weighted by molar-refractivity contribution is 0.654. The molecule has 0 saturated heterocycles. The van der Waals surface area contributed by atoms with Gasteiger partial charge in [0.25, 0.3) is 0 Å². The van der Waals surface area contributed by atoms with Gasteiger partial charge in [-0.3, -0.25) is 0 Å². The van der Waals surface area contributed by atoms with Crippen LogP contribution in [0.3, 0.4) is 0 Å². The van der Waals surface area contributed by atoms with Crippen molar-refractivity contribution in [2.75, 3.05) is 0 Å². The fraction of sp³-hybridized carbons (Fsp3) is 1.00. The summed E-state index contributed by atoms with van der Waals surface area (Å²) in [6.07, 6.45) is 2.75. The van der Waals surface area contributed by atoms with E-state index < -0.39 is 8.80 Å². The van der Waals surface area contributed by atoms with Gasteiger partial charge in [0.15, 0.2) is 0 Å². The van der Waals surface area contributed by atoms with Gasteiger partial charge in [-0.2, -0.15) is 0 Å². The average molecular weight is 200 g/mol. The van der Waals surface area contributed by atoms with E-state index in [1.54, 1.807) is 0 Å². The van der Waals surface area contributed by atoms with Gasteiger partial charge in [-0.1, -0.05) is 72.4 Å². The highest BCUT2D eigenvalue weighted by Gasteiger charge is 2.33. The molecule has 0 heterocycles. The Kier molecular flexibility index (Phi) is 5.27. The molecule has 0 aromatic carbocycles. The van der Waals surface area contributed by atoms with Crippen molar-refractivity contribution in [2.24, 2.45) is 0 Å². The molecule has 1 heteroatoms. The Bertz CT molecular complexity index is 125. The van der Waals surface area contributed by atoms with Crippen LogP contribution >= 0.6 is 0 Å². The summed E-state index contributed by atoms with van der Waals surface area (Å²) in [5.41, 5.74) is 1.99. The molecule has 2 unspecified atom stereocenters. The molecule has 2 atom stereocenters. The topological polar surface area (TPSA) is 0 Å². The normalized spacial score (nSPS) is 19.6. The molecule has 0 aromatic heterocycles. The summed E-state index contributed by atoms with van der Waals surface area (Å²) in [5.74, 6) is 0. The maximum atomic E-state index is 2.47. The first-order valence-electron chi connectivity index (χ1n) is 5.84. The second-order valence-corrected chi connectivity index (χ2v) is 10.7. The van der Waals surface area contributed by atoms with Crippen molar-refractivity contribution in [3.8, 4) is 0 Å². The molecule has 0 radical (unpaired) electrons. The van der Waals surface area contributed by atoms with Crippen LogP contribution in [0.1, 0.15) is 61.3 Å². The summed E-state index contributed by atoms with van der Waals surface area (Å²) < 4.78 is 0. The molecule has 0 aliphatic heterocycles. The van der Waals surface area contributed by atoms with Crippen LogP contribution in [0, 0.1) is 0 Å². The first-order chi connectivity index (χ1) is 5.84. The molecule has 0 aliphatic rings. The molecule has 0 bridgehead atoms. The van der Waals surface area contributed by atoms with Crippen LogP contribution < -0.4 is 0 Å². The minimum absolute atomic E-state index is 0.602. The van der Waals surface area contributed by atoms with Crippen LogP contribution in [0.5, 0.6) is 0 Å². The third-order valence-electron chi connectivity index (χ3n) is 3.51. The van der Waals surface area contributed by atoms with Gasteiger partial charge in [-0.15, -0.1) is 0 Å². The van der Waals surface area contributed by atoms with Gasteiger partial charge in [0, 0.05) is 8.80 Å². The van der Waals surface area contributed by atoms with Crippen LogP contribution in [0.15, 0.2) is 0 Å². The molecule has 0 nitrogen and oxygen atoms in total. The van der Waals surface area contributed by atoms with Crippen molar-refractivity contribution in [1.82, 2.24) is 0 Å². The molecule has 0 saturated carbocycles. The van der Waals surface area contributed by atoms with Crippen molar-refractivity contribution in [2.45, 2.75) is 77.4 Å². The van der Waals surface area contributed by atoms with Gasteiger partial charge in [0.05, 0.1) is 0 Å². The van der Waals surface area contributed by atoms with Gasteiger partial charge >= 0.3 is 0 Å². The van der Waals surface area contributed by atoms with Crippen LogP contribution in [0.4, 0.5) is 0 Å². The molecular weight excluding hydrogens is 172 g/mol. The van der Waals surface area contributed by atoms with E-state index in [1.165, 1.54) is 12.8 Å². The number of rotatable bonds is 4. The minimum Gasteiger partial charge on any atom is -0.0654 e. The SMILES string of the molecule is CCC(C)[SiH](C(C)CC)C(C)(C)C. The number of hydrogen-bond acceptors (Lipinski definition) is 0. The number of hydrogen-bond donors (Lipinski definition) is 0. The first kappa shape index (κ1) is 13.2. The Morgan fingerprint density at radius 1 is 0.923 bits per heavy atom. The summed E-state index contributed by atoms with van der Waals surface area (Å²) in [5, 5.41) is 0.602. The zero-order valence-electron chi connectivity index (χ0n) is 10.6. The van der Waals surface area contributed by atoms with E-state index in [9.17, 15) is 0 Å². The lowest BCUT2D eigenvalue weighted by Gasteiger charge is -2.38. The molecule has 0 aliphatic carbocycles. The Morgan fingerprint density at radius 2 is 1.23 bits per heavy atom. The van der Waals surface area contributed by atoms with E-state index in [0.717, 1.165) is 11.1 Å². The van der Waals surface area contributed by atoms with Crippen molar-refractivity contribution >= 4 is 8.80 Å². The van der Waals surface area contributed by atoms with Crippen molar-refractivity contribution in [1.29, 1.82) is 0 Å². The van der Waals surface area contributed by atoms with Gasteiger partial charge in [0.2, 0.25) is 0 Å². The maximum Gasteiger partial charge on any atom is 0.0479 e. The molecule has 0 rings (SSSR count). The summed E-state index contributed by atoms with van der Waals surface area (Å²) >= 11 is 0. The summed E-state index contributed by atoms with van der Waals surface area (Å²) in [6, 6.07) is 0. The third-order valence-corrected chi connectivity index (χ3v) is 8.91. The molecule has 0 fully saturated rings. The monoisotopic (exact) mass is 200 g/mol. The van der Waals surface area contributed by atoms with Crippen LogP contribution in [0.25, 0.3) is 0 Å². The minimum atomic E-state index is -0.610.